The van der Waals surface area contributed by atoms with Crippen LogP contribution < -0.4 is 5.32 Å². The molecule has 0 aromatic heterocycles. The number of benzene rings is 1. The summed E-state index contributed by atoms with van der Waals surface area (Å²) in [6.45, 7) is 9.16. The Kier molecular flexibility index (Phi) is 7.61. The van der Waals surface area contributed by atoms with E-state index in [2.05, 4.69) is 19.2 Å². The molecule has 6 nitrogen and oxygen atoms in total. The fourth-order valence-electron chi connectivity index (χ4n) is 2.90. The van der Waals surface area contributed by atoms with Crippen LogP contribution in [0.25, 0.3) is 0 Å². The van der Waals surface area contributed by atoms with Crippen LogP contribution in [-0.2, 0) is 21.2 Å². The Morgan fingerprint density at radius 1 is 1.19 bits per heavy atom. The Labute approximate surface area is 157 Å². The van der Waals surface area contributed by atoms with Crippen molar-refractivity contribution in [1.82, 2.24) is 14.5 Å². The molecule has 0 atom stereocenters. The van der Waals surface area contributed by atoms with Crippen molar-refractivity contribution >= 4 is 15.9 Å². The van der Waals surface area contributed by atoms with Crippen LogP contribution in [0.4, 0.5) is 0 Å². The number of hydrogen-bond acceptors (Lipinski definition) is 4. The second-order valence-corrected chi connectivity index (χ2v) is 9.09. The van der Waals surface area contributed by atoms with Crippen molar-refractivity contribution in [3.63, 3.8) is 0 Å². The van der Waals surface area contributed by atoms with Crippen LogP contribution >= 0.6 is 0 Å². The lowest BCUT2D eigenvalue weighted by molar-refractivity contribution is -0.132. The second kappa shape index (κ2) is 9.48. The first kappa shape index (κ1) is 20.9. The van der Waals surface area contributed by atoms with E-state index in [0.29, 0.717) is 25.6 Å². The Bertz CT molecular complexity index is 680. The van der Waals surface area contributed by atoms with Crippen LogP contribution in [0.1, 0.15) is 32.8 Å². The molecule has 1 heterocycles. The molecule has 1 aliphatic heterocycles. The summed E-state index contributed by atoms with van der Waals surface area (Å²) in [5.74, 6) is 0.244. The van der Waals surface area contributed by atoms with Crippen molar-refractivity contribution < 1.29 is 13.2 Å². The van der Waals surface area contributed by atoms with Crippen LogP contribution in [0.15, 0.2) is 29.2 Å². The molecule has 1 amide bonds. The molecule has 1 aliphatic rings. The molecule has 0 spiro atoms. The molecule has 26 heavy (non-hydrogen) atoms. The lowest BCUT2D eigenvalue weighted by Crippen LogP contribution is -2.50. The van der Waals surface area contributed by atoms with Crippen LogP contribution in [0.3, 0.4) is 0 Å². The molecule has 1 aromatic carbocycles. The summed E-state index contributed by atoms with van der Waals surface area (Å²) < 4.78 is 27.6. The van der Waals surface area contributed by atoms with Crippen molar-refractivity contribution in [1.29, 1.82) is 0 Å². The number of nitrogens with zero attached hydrogens (tertiary/aromatic N) is 2. The standard InChI is InChI=1S/C19H31N3O3S/c1-4-17-5-7-18(8-6-17)26(24,25)22(12-9-16(2)3)15-19(23)21-13-10-20-11-14-21/h5-8,16,20H,4,9-15H2,1-3H3. The molecular formula is C19H31N3O3S. The molecule has 0 bridgehead atoms. The van der Waals surface area contributed by atoms with E-state index in [-0.39, 0.29) is 17.3 Å². The van der Waals surface area contributed by atoms with Gasteiger partial charge in [-0.25, -0.2) is 8.42 Å². The summed E-state index contributed by atoms with van der Waals surface area (Å²) in [6, 6.07) is 6.97. The summed E-state index contributed by atoms with van der Waals surface area (Å²) >= 11 is 0. The predicted molar refractivity (Wildman–Crippen MR) is 103 cm³/mol. The van der Waals surface area contributed by atoms with Crippen molar-refractivity contribution in [2.45, 2.75) is 38.5 Å². The molecule has 0 aliphatic carbocycles. The van der Waals surface area contributed by atoms with E-state index in [4.69, 9.17) is 0 Å². The van der Waals surface area contributed by atoms with Gasteiger partial charge in [0.2, 0.25) is 15.9 Å². The van der Waals surface area contributed by atoms with Gasteiger partial charge in [0.05, 0.1) is 11.4 Å². The maximum Gasteiger partial charge on any atom is 0.243 e. The summed E-state index contributed by atoms with van der Waals surface area (Å²) in [7, 11) is -3.69. The number of rotatable bonds is 8. The molecular weight excluding hydrogens is 350 g/mol. The lowest BCUT2D eigenvalue weighted by atomic mass is 10.1. The van der Waals surface area contributed by atoms with E-state index >= 15 is 0 Å². The van der Waals surface area contributed by atoms with Gasteiger partial charge in [-0.15, -0.1) is 0 Å². The minimum Gasteiger partial charge on any atom is -0.339 e. The maximum atomic E-state index is 13.1. The van der Waals surface area contributed by atoms with Crippen molar-refractivity contribution in [2.24, 2.45) is 5.92 Å². The Morgan fingerprint density at radius 3 is 2.35 bits per heavy atom. The van der Waals surface area contributed by atoms with Crippen LogP contribution in [0, 0.1) is 5.92 Å². The van der Waals surface area contributed by atoms with E-state index in [1.165, 1.54) is 4.31 Å². The monoisotopic (exact) mass is 381 g/mol. The van der Waals surface area contributed by atoms with Gasteiger partial charge in [0.15, 0.2) is 0 Å². The third-order valence-corrected chi connectivity index (χ3v) is 6.57. The smallest absolute Gasteiger partial charge is 0.243 e. The summed E-state index contributed by atoms with van der Waals surface area (Å²) in [6.07, 6.45) is 1.58. The quantitative estimate of drug-likeness (QED) is 0.744. The zero-order valence-electron chi connectivity index (χ0n) is 16.1. The number of aryl methyl sites for hydroxylation is 1. The second-order valence-electron chi connectivity index (χ2n) is 7.15. The zero-order valence-corrected chi connectivity index (χ0v) is 16.9. The number of nitrogens with one attached hydrogen (secondary N) is 1. The first-order chi connectivity index (χ1) is 12.3. The summed E-state index contributed by atoms with van der Waals surface area (Å²) in [5, 5.41) is 3.20. The number of carbonyl (C=O) groups is 1. The SMILES string of the molecule is CCc1ccc(S(=O)(=O)N(CCC(C)C)CC(=O)N2CCNCC2)cc1. The largest absolute Gasteiger partial charge is 0.339 e. The number of amides is 1. The van der Waals surface area contributed by atoms with Crippen LogP contribution in [0.2, 0.25) is 0 Å². The highest BCUT2D eigenvalue weighted by molar-refractivity contribution is 7.89. The highest BCUT2D eigenvalue weighted by Crippen LogP contribution is 2.18. The highest BCUT2D eigenvalue weighted by atomic mass is 32.2. The molecule has 2 rings (SSSR count). The normalized spacial score (nSPS) is 15.7. The molecule has 1 aromatic rings. The molecule has 146 valence electrons. The van der Waals surface area contributed by atoms with Gasteiger partial charge in [0.25, 0.3) is 0 Å². The van der Waals surface area contributed by atoms with Gasteiger partial charge in [-0.2, -0.15) is 4.31 Å². The summed E-state index contributed by atoms with van der Waals surface area (Å²) in [4.78, 5) is 14.6. The van der Waals surface area contributed by atoms with Gasteiger partial charge in [0.1, 0.15) is 0 Å². The van der Waals surface area contributed by atoms with Crippen molar-refractivity contribution in [3.05, 3.63) is 29.8 Å². The number of carbonyl (C=O) groups excluding carboxylic acids is 1. The Balaban J connectivity index is 2.19. The molecule has 0 saturated carbocycles. The first-order valence-corrected chi connectivity index (χ1v) is 10.9. The van der Waals surface area contributed by atoms with Crippen LogP contribution in [0.5, 0.6) is 0 Å². The number of piperazine rings is 1. The fourth-order valence-corrected chi connectivity index (χ4v) is 4.30. The Hall–Kier alpha value is -1.44. The van der Waals surface area contributed by atoms with E-state index in [1.54, 1.807) is 17.0 Å². The van der Waals surface area contributed by atoms with E-state index < -0.39 is 10.0 Å². The van der Waals surface area contributed by atoms with Gasteiger partial charge in [-0.05, 0) is 36.5 Å². The first-order valence-electron chi connectivity index (χ1n) is 9.42. The number of hydrogen-bond donors (Lipinski definition) is 1. The molecule has 1 fully saturated rings. The van der Waals surface area contributed by atoms with Gasteiger partial charge < -0.3 is 10.2 Å². The van der Waals surface area contributed by atoms with Gasteiger partial charge in [-0.3, -0.25) is 4.79 Å². The summed E-state index contributed by atoms with van der Waals surface area (Å²) in [5.41, 5.74) is 1.09. The lowest BCUT2D eigenvalue weighted by Gasteiger charge is -2.30. The molecule has 1 N–H and O–H groups in total. The average Bonchev–Trinajstić information content (AvgIpc) is 2.65. The maximum absolute atomic E-state index is 13.1. The van der Waals surface area contributed by atoms with Gasteiger partial charge in [-0.1, -0.05) is 32.9 Å². The average molecular weight is 382 g/mol. The zero-order chi connectivity index (χ0) is 19.2. The predicted octanol–water partition coefficient (Wildman–Crippen LogP) is 1.72. The van der Waals surface area contributed by atoms with Crippen molar-refractivity contribution in [3.8, 4) is 0 Å². The minimum atomic E-state index is -3.69. The molecule has 7 heteroatoms. The third-order valence-electron chi connectivity index (χ3n) is 4.71. The van der Waals surface area contributed by atoms with Crippen molar-refractivity contribution in [2.75, 3.05) is 39.3 Å². The highest BCUT2D eigenvalue weighted by Gasteiger charge is 2.28. The molecule has 0 unspecified atom stereocenters. The number of sulfonamides is 1. The minimum absolute atomic E-state index is 0.0927. The van der Waals surface area contributed by atoms with Gasteiger partial charge >= 0.3 is 0 Å². The topological polar surface area (TPSA) is 69.7 Å². The van der Waals surface area contributed by atoms with E-state index in [1.807, 2.05) is 19.1 Å². The molecule has 1 saturated heterocycles. The van der Waals surface area contributed by atoms with Gasteiger partial charge in [0, 0.05) is 32.7 Å². The van der Waals surface area contributed by atoms with Crippen LogP contribution in [-0.4, -0.2) is 62.8 Å². The van der Waals surface area contributed by atoms with E-state index in [0.717, 1.165) is 31.5 Å². The van der Waals surface area contributed by atoms with E-state index in [9.17, 15) is 13.2 Å². The third kappa shape index (κ3) is 5.53. The molecule has 0 radical (unpaired) electrons. The fraction of sp³-hybridized carbons (Fsp3) is 0.632. The Morgan fingerprint density at radius 2 is 1.81 bits per heavy atom.